The number of nitrogens with two attached hydrogens (primary N) is 1. The van der Waals surface area contributed by atoms with Crippen LogP contribution in [0, 0.1) is 0 Å². The molecule has 3 aromatic heterocycles. The van der Waals surface area contributed by atoms with Crippen molar-refractivity contribution in [1.82, 2.24) is 9.38 Å². The third-order valence-electron chi connectivity index (χ3n) is 3.24. The van der Waals surface area contributed by atoms with Gasteiger partial charge in [0, 0.05) is 4.88 Å². The maximum absolute atomic E-state index is 6.28. The maximum atomic E-state index is 6.28. The summed E-state index contributed by atoms with van der Waals surface area (Å²) < 4.78 is 7.58. The Morgan fingerprint density at radius 2 is 2.26 bits per heavy atom. The van der Waals surface area contributed by atoms with Gasteiger partial charge in [0.1, 0.15) is 11.5 Å². The second kappa shape index (κ2) is 4.42. The van der Waals surface area contributed by atoms with Gasteiger partial charge in [-0.1, -0.05) is 20.8 Å². The van der Waals surface area contributed by atoms with Crippen LogP contribution in [-0.4, -0.2) is 9.38 Å². The molecule has 0 aromatic carbocycles. The molecule has 3 aromatic rings. The van der Waals surface area contributed by atoms with E-state index in [1.807, 2.05) is 16.5 Å². The largest absolute Gasteiger partial charge is 0.463 e. The van der Waals surface area contributed by atoms with E-state index in [1.54, 1.807) is 17.6 Å². The van der Waals surface area contributed by atoms with Crippen LogP contribution in [0.2, 0.25) is 0 Å². The summed E-state index contributed by atoms with van der Waals surface area (Å²) in [5.74, 6) is 1.90. The first-order valence-electron chi connectivity index (χ1n) is 6.46. The van der Waals surface area contributed by atoms with Gasteiger partial charge in [-0.25, -0.2) is 4.98 Å². The van der Waals surface area contributed by atoms with Crippen LogP contribution in [0.3, 0.4) is 0 Å². The molecule has 0 spiro atoms. The van der Waals surface area contributed by atoms with Gasteiger partial charge in [-0.2, -0.15) is 0 Å². The van der Waals surface area contributed by atoms with Gasteiger partial charge in [-0.15, -0.1) is 11.3 Å². The average molecular weight is 275 g/mol. The van der Waals surface area contributed by atoms with Gasteiger partial charge in [0.2, 0.25) is 0 Å². The number of anilines is 1. The third kappa shape index (κ3) is 1.76. The highest BCUT2D eigenvalue weighted by molar-refractivity contribution is 7.17. The molecule has 5 heteroatoms. The summed E-state index contributed by atoms with van der Waals surface area (Å²) in [4.78, 5) is 6.86. The summed E-state index contributed by atoms with van der Waals surface area (Å²) in [6.45, 7) is 6.35. The molecule has 0 saturated heterocycles. The Kier molecular flexibility index (Phi) is 2.86. The number of nitrogen functional groups attached to an aromatic ring is 1. The smallest absolute Gasteiger partial charge is 0.196 e. The summed E-state index contributed by atoms with van der Waals surface area (Å²) in [5, 5.41) is 0. The lowest BCUT2D eigenvalue weighted by molar-refractivity contribution is 0.579. The van der Waals surface area contributed by atoms with Crippen molar-refractivity contribution in [1.29, 1.82) is 0 Å². The molecule has 0 amide bonds. The first-order valence-corrected chi connectivity index (χ1v) is 7.28. The number of nitrogens with zero attached hydrogens (tertiary/aromatic N) is 2. The van der Waals surface area contributed by atoms with E-state index in [2.05, 4.69) is 25.8 Å². The van der Waals surface area contributed by atoms with Crippen LogP contribution in [0.15, 0.2) is 22.8 Å². The molecule has 19 heavy (non-hydrogen) atoms. The maximum Gasteiger partial charge on any atom is 0.196 e. The highest BCUT2D eigenvalue weighted by atomic mass is 32.1. The monoisotopic (exact) mass is 275 g/mol. The Hall–Kier alpha value is -1.75. The van der Waals surface area contributed by atoms with Crippen molar-refractivity contribution in [3.8, 4) is 11.5 Å². The number of imidazole rings is 1. The van der Waals surface area contributed by atoms with E-state index in [0.717, 1.165) is 34.3 Å². The van der Waals surface area contributed by atoms with Crippen molar-refractivity contribution in [3.63, 3.8) is 0 Å². The lowest BCUT2D eigenvalue weighted by atomic mass is 10.1. The van der Waals surface area contributed by atoms with Crippen LogP contribution in [-0.2, 0) is 6.42 Å². The SMILES string of the molecule is CCc1sc2nc(C(C)C)c(N)n2c1-c1ccco1. The van der Waals surface area contributed by atoms with Gasteiger partial charge in [0.25, 0.3) is 0 Å². The molecule has 0 unspecified atom stereocenters. The van der Waals surface area contributed by atoms with Crippen LogP contribution in [0.1, 0.15) is 37.3 Å². The minimum atomic E-state index is 0.321. The Labute approximate surface area is 115 Å². The Balaban J connectivity index is 2.34. The quantitative estimate of drug-likeness (QED) is 0.788. The molecule has 0 fully saturated rings. The molecule has 0 aliphatic heterocycles. The molecular weight excluding hydrogens is 258 g/mol. The van der Waals surface area contributed by atoms with Crippen LogP contribution in [0.4, 0.5) is 5.82 Å². The number of aryl methyl sites for hydroxylation is 1. The van der Waals surface area contributed by atoms with Gasteiger partial charge in [-0.05, 0) is 24.5 Å². The number of thiazole rings is 1. The van der Waals surface area contributed by atoms with Crippen molar-refractivity contribution in [2.75, 3.05) is 5.73 Å². The minimum Gasteiger partial charge on any atom is -0.463 e. The van der Waals surface area contributed by atoms with Gasteiger partial charge in [-0.3, -0.25) is 4.40 Å². The molecule has 3 rings (SSSR count). The molecule has 0 aliphatic rings. The number of fused-ring (bicyclic) bond motifs is 1. The number of aromatic nitrogens is 2. The Bertz CT molecular complexity index is 707. The zero-order valence-electron chi connectivity index (χ0n) is 11.3. The lowest BCUT2D eigenvalue weighted by Gasteiger charge is -2.04. The van der Waals surface area contributed by atoms with Gasteiger partial charge in [0.05, 0.1) is 12.0 Å². The predicted octanol–water partition coefficient (Wildman–Crippen LogP) is 3.92. The number of hydrogen-bond acceptors (Lipinski definition) is 4. The molecule has 0 saturated carbocycles. The molecular formula is C14H17N3OS. The van der Waals surface area contributed by atoms with Crippen LogP contribution < -0.4 is 5.73 Å². The van der Waals surface area contributed by atoms with E-state index in [1.165, 1.54) is 4.88 Å². The van der Waals surface area contributed by atoms with Gasteiger partial charge in [0.15, 0.2) is 10.7 Å². The lowest BCUT2D eigenvalue weighted by Crippen LogP contribution is -1.99. The second-order valence-electron chi connectivity index (χ2n) is 4.86. The van der Waals surface area contributed by atoms with E-state index < -0.39 is 0 Å². The topological polar surface area (TPSA) is 56.5 Å². The van der Waals surface area contributed by atoms with E-state index in [0.29, 0.717) is 5.92 Å². The summed E-state index contributed by atoms with van der Waals surface area (Å²) in [7, 11) is 0. The molecule has 4 nitrogen and oxygen atoms in total. The van der Waals surface area contributed by atoms with E-state index in [4.69, 9.17) is 10.2 Å². The minimum absolute atomic E-state index is 0.321. The average Bonchev–Trinajstić information content (AvgIpc) is 3.05. The summed E-state index contributed by atoms with van der Waals surface area (Å²) in [5.41, 5.74) is 8.29. The van der Waals surface area contributed by atoms with Gasteiger partial charge >= 0.3 is 0 Å². The summed E-state index contributed by atoms with van der Waals surface area (Å²) >= 11 is 1.69. The second-order valence-corrected chi connectivity index (χ2v) is 5.92. The van der Waals surface area contributed by atoms with Crippen LogP contribution in [0.25, 0.3) is 16.4 Å². The van der Waals surface area contributed by atoms with Crippen LogP contribution in [0.5, 0.6) is 0 Å². The number of hydrogen-bond donors (Lipinski definition) is 1. The molecule has 0 aliphatic carbocycles. The first-order chi connectivity index (χ1) is 9.13. The summed E-state index contributed by atoms with van der Waals surface area (Å²) in [6.07, 6.45) is 2.63. The zero-order chi connectivity index (χ0) is 13.6. The highest BCUT2D eigenvalue weighted by Gasteiger charge is 2.22. The van der Waals surface area contributed by atoms with Crippen molar-refractivity contribution >= 4 is 22.1 Å². The molecule has 100 valence electrons. The Morgan fingerprint density at radius 1 is 1.47 bits per heavy atom. The molecule has 2 N–H and O–H groups in total. The zero-order valence-corrected chi connectivity index (χ0v) is 12.1. The number of rotatable bonds is 3. The fourth-order valence-corrected chi connectivity index (χ4v) is 3.40. The van der Waals surface area contributed by atoms with Crippen molar-refractivity contribution in [3.05, 3.63) is 29.0 Å². The third-order valence-corrected chi connectivity index (χ3v) is 4.42. The van der Waals surface area contributed by atoms with Crippen LogP contribution >= 0.6 is 11.3 Å². The van der Waals surface area contributed by atoms with E-state index >= 15 is 0 Å². The van der Waals surface area contributed by atoms with Gasteiger partial charge < -0.3 is 10.2 Å². The molecule has 0 radical (unpaired) electrons. The van der Waals surface area contributed by atoms with E-state index in [-0.39, 0.29) is 0 Å². The molecule has 0 atom stereocenters. The van der Waals surface area contributed by atoms with E-state index in [9.17, 15) is 0 Å². The standard InChI is InChI=1S/C14H17N3OS/c1-4-10-12(9-6-5-7-18-9)17-13(15)11(8(2)3)16-14(17)19-10/h5-8H,4,15H2,1-3H3. The van der Waals surface area contributed by atoms with Crippen molar-refractivity contribution in [2.24, 2.45) is 0 Å². The first kappa shape index (κ1) is 12.3. The summed E-state index contributed by atoms with van der Waals surface area (Å²) in [6, 6.07) is 3.86. The van der Waals surface area contributed by atoms with Crippen molar-refractivity contribution in [2.45, 2.75) is 33.1 Å². The normalized spacial score (nSPS) is 11.8. The molecule has 3 heterocycles. The van der Waals surface area contributed by atoms with Crippen molar-refractivity contribution < 1.29 is 4.42 Å². The predicted molar refractivity (Wildman–Crippen MR) is 78.7 cm³/mol. The fraction of sp³-hybridized carbons (Fsp3) is 0.357. The highest BCUT2D eigenvalue weighted by Crippen LogP contribution is 2.36. The Morgan fingerprint density at radius 3 is 2.84 bits per heavy atom. The number of furan rings is 1. The fourth-order valence-electron chi connectivity index (χ4n) is 2.32. The molecule has 0 bridgehead atoms.